The van der Waals surface area contributed by atoms with E-state index in [1.165, 1.54) is 0 Å². The van der Waals surface area contributed by atoms with E-state index in [1.54, 1.807) is 0 Å². The number of nitriles is 5. The molecular formula is C31H4F12N6. The van der Waals surface area contributed by atoms with Crippen molar-refractivity contribution in [1.82, 2.24) is 0 Å². The molecule has 0 aliphatic heterocycles. The van der Waals surface area contributed by atoms with E-state index in [4.69, 9.17) is 10.5 Å². The van der Waals surface area contributed by atoms with Crippen LogP contribution in [0.25, 0.3) is 16.7 Å². The third-order valence-electron chi connectivity index (χ3n) is 6.83. The minimum absolute atomic E-state index is 0.300. The predicted octanol–water partition coefficient (Wildman–Crippen LogP) is 7.39. The number of benzene rings is 3. The summed E-state index contributed by atoms with van der Waals surface area (Å²) in [4.78, 5) is 3.19. The fraction of sp³-hybridized carbons (Fsp3) is 0.0323. The normalized spacial score (nSPS) is 15.2. The topological polar surface area (TPSA) is 131 Å². The lowest BCUT2D eigenvalue weighted by atomic mass is 9.99. The molecule has 18 heteroatoms. The number of hydrogen-bond acceptors (Lipinski definition) is 6. The molecule has 242 valence electrons. The number of rotatable bonds is 4. The van der Waals surface area contributed by atoms with Crippen LogP contribution in [0.1, 0.15) is 33.4 Å². The Labute approximate surface area is 264 Å². The van der Waals surface area contributed by atoms with Crippen LogP contribution in [0.5, 0.6) is 0 Å². The molecule has 3 aromatic rings. The summed E-state index contributed by atoms with van der Waals surface area (Å²) in [5, 5.41) is 47.3. The molecule has 1 fully saturated rings. The van der Waals surface area contributed by atoms with Gasteiger partial charge in [-0.05, 0) is 0 Å². The number of aliphatic imine (C=N–C) groups is 1. The summed E-state index contributed by atoms with van der Waals surface area (Å²) in [5.74, 6) is -28.9. The van der Waals surface area contributed by atoms with Gasteiger partial charge in [0.25, 0.3) is 0 Å². The standard InChI is InChI=1S/C31H4F12N6/c1-49-7-13-24(36)30(42)19(31(43)25(13)37)10(4-46)16-14(8(2-44)17-26(38)20(32)11(5-47)21(33)27(17)39)15(16)9(3-45)18-28(40)22(34)12(6-48)23(35)29(18)41/h7H,1H3/b14-8+,15-9?,16-10+,49-7-. The summed E-state index contributed by atoms with van der Waals surface area (Å²) in [7, 11) is 0.927. The fourth-order valence-electron chi connectivity index (χ4n) is 4.66. The Balaban J connectivity index is 2.37. The molecule has 0 N–H and O–H groups in total. The maximum atomic E-state index is 15.3. The molecule has 4 rings (SSSR count). The first-order valence-electron chi connectivity index (χ1n) is 12.4. The Kier molecular flexibility index (Phi) is 9.11. The van der Waals surface area contributed by atoms with Gasteiger partial charge in [0, 0.05) is 30.0 Å². The van der Waals surface area contributed by atoms with Crippen molar-refractivity contribution >= 4 is 22.9 Å². The zero-order chi connectivity index (χ0) is 36.8. The maximum Gasteiger partial charge on any atom is 0.180 e. The van der Waals surface area contributed by atoms with Crippen molar-refractivity contribution in [3.05, 3.63) is 120 Å². The monoisotopic (exact) mass is 688 g/mol. The number of nitrogens with zero attached hydrogens (tertiary/aromatic N) is 6. The van der Waals surface area contributed by atoms with Gasteiger partial charge in [-0.3, -0.25) is 4.99 Å². The molecule has 1 saturated carbocycles. The Morgan fingerprint density at radius 3 is 0.878 bits per heavy atom. The van der Waals surface area contributed by atoms with Gasteiger partial charge in [0.1, 0.15) is 41.5 Å². The van der Waals surface area contributed by atoms with Crippen molar-refractivity contribution < 1.29 is 52.7 Å². The molecular weight excluding hydrogens is 684 g/mol. The van der Waals surface area contributed by atoms with Gasteiger partial charge in [-0.15, -0.1) is 0 Å². The lowest BCUT2D eigenvalue weighted by Gasteiger charge is -2.09. The van der Waals surface area contributed by atoms with Crippen LogP contribution in [0, 0.1) is 126 Å². The van der Waals surface area contributed by atoms with Crippen LogP contribution >= 0.6 is 0 Å². The fourth-order valence-corrected chi connectivity index (χ4v) is 4.66. The maximum absolute atomic E-state index is 15.3. The third-order valence-corrected chi connectivity index (χ3v) is 6.83. The number of hydrogen-bond donors (Lipinski definition) is 0. The molecule has 0 spiro atoms. The molecule has 49 heavy (non-hydrogen) atoms. The van der Waals surface area contributed by atoms with Crippen LogP contribution in [0.3, 0.4) is 0 Å². The second kappa shape index (κ2) is 12.7. The van der Waals surface area contributed by atoms with Gasteiger partial charge in [0.05, 0.1) is 39.0 Å². The zero-order valence-electron chi connectivity index (χ0n) is 23.3. The molecule has 0 aromatic heterocycles. The molecule has 0 unspecified atom stereocenters. The van der Waals surface area contributed by atoms with Gasteiger partial charge >= 0.3 is 0 Å². The molecule has 6 nitrogen and oxygen atoms in total. The second-order valence-corrected chi connectivity index (χ2v) is 9.25. The van der Waals surface area contributed by atoms with E-state index in [0.29, 0.717) is 6.21 Å². The van der Waals surface area contributed by atoms with Crippen molar-refractivity contribution in [3.63, 3.8) is 0 Å². The van der Waals surface area contributed by atoms with E-state index in [9.17, 15) is 42.1 Å². The van der Waals surface area contributed by atoms with Gasteiger partial charge in [-0.2, -0.15) is 26.3 Å². The third kappa shape index (κ3) is 5.02. The minimum Gasteiger partial charge on any atom is -0.296 e. The quantitative estimate of drug-likeness (QED) is 0.122. The summed E-state index contributed by atoms with van der Waals surface area (Å²) >= 11 is 0. The Morgan fingerprint density at radius 2 is 0.673 bits per heavy atom. The average Bonchev–Trinajstić information content (AvgIpc) is 3.80. The van der Waals surface area contributed by atoms with Crippen molar-refractivity contribution in [3.8, 4) is 30.3 Å². The molecule has 0 atom stereocenters. The summed E-state index contributed by atoms with van der Waals surface area (Å²) in [5.41, 5.74) is -20.6. The highest BCUT2D eigenvalue weighted by Crippen LogP contribution is 2.57. The van der Waals surface area contributed by atoms with Gasteiger partial charge in [0.2, 0.25) is 0 Å². The summed E-state index contributed by atoms with van der Waals surface area (Å²) in [6.07, 6.45) is 0.300. The molecule has 1 aliphatic rings. The highest BCUT2D eigenvalue weighted by atomic mass is 19.2. The van der Waals surface area contributed by atoms with Gasteiger partial charge in [-0.1, -0.05) is 0 Å². The molecule has 0 heterocycles. The Morgan fingerprint density at radius 1 is 0.429 bits per heavy atom. The van der Waals surface area contributed by atoms with Crippen molar-refractivity contribution in [1.29, 1.82) is 26.3 Å². The molecule has 0 amide bonds. The first kappa shape index (κ1) is 35.0. The van der Waals surface area contributed by atoms with E-state index in [1.807, 2.05) is 0 Å². The first-order valence-corrected chi connectivity index (χ1v) is 12.4. The predicted molar refractivity (Wildman–Crippen MR) is 139 cm³/mol. The van der Waals surface area contributed by atoms with Crippen LogP contribution < -0.4 is 0 Å². The van der Waals surface area contributed by atoms with Crippen molar-refractivity contribution in [2.75, 3.05) is 7.05 Å². The smallest absolute Gasteiger partial charge is 0.180 e. The minimum atomic E-state index is -2.51. The van der Waals surface area contributed by atoms with Crippen LogP contribution in [-0.2, 0) is 0 Å². The van der Waals surface area contributed by atoms with E-state index in [0.717, 1.165) is 37.4 Å². The van der Waals surface area contributed by atoms with E-state index in [-0.39, 0.29) is 0 Å². The van der Waals surface area contributed by atoms with Gasteiger partial charge < -0.3 is 0 Å². The van der Waals surface area contributed by atoms with Crippen LogP contribution in [-0.4, -0.2) is 13.3 Å². The summed E-state index contributed by atoms with van der Waals surface area (Å²) in [6, 6.07) is 4.56. The number of halogens is 12. The van der Waals surface area contributed by atoms with Crippen LogP contribution in [0.15, 0.2) is 21.7 Å². The Bertz CT molecular complexity index is 2220. The van der Waals surface area contributed by atoms with E-state index < -0.39 is 137 Å². The molecule has 1 aliphatic carbocycles. The van der Waals surface area contributed by atoms with Gasteiger partial charge in [-0.25, -0.2) is 52.7 Å². The first-order chi connectivity index (χ1) is 23.1. The van der Waals surface area contributed by atoms with Crippen LogP contribution in [0.2, 0.25) is 0 Å². The highest BCUT2D eigenvalue weighted by molar-refractivity contribution is 6.12. The molecule has 0 radical (unpaired) electrons. The molecule has 0 saturated heterocycles. The van der Waals surface area contributed by atoms with Crippen molar-refractivity contribution in [2.24, 2.45) is 4.99 Å². The van der Waals surface area contributed by atoms with Gasteiger partial charge in [0.15, 0.2) is 69.8 Å². The van der Waals surface area contributed by atoms with Crippen LogP contribution in [0.4, 0.5) is 52.7 Å². The second-order valence-electron chi connectivity index (χ2n) is 9.25. The zero-order valence-corrected chi connectivity index (χ0v) is 23.3. The average molecular weight is 688 g/mol. The lowest BCUT2D eigenvalue weighted by molar-refractivity contribution is 0.446. The van der Waals surface area contributed by atoms with E-state index >= 15 is 26.3 Å². The largest absolute Gasteiger partial charge is 0.296 e. The SMILES string of the molecule is C/N=C\c1c(F)c(F)c(/C(C#N)=C2/C(=C(C#N)c3c(F)c(F)c(C#N)c(F)c3F)/C2=C(/C#N)c2c(F)c(F)c(C#N)c(F)c2F)c(F)c1F. The Hall–Kier alpha value is -6.84. The van der Waals surface area contributed by atoms with Crippen molar-refractivity contribution in [2.45, 2.75) is 0 Å². The summed E-state index contributed by atoms with van der Waals surface area (Å²) in [6.45, 7) is 0. The van der Waals surface area contributed by atoms with E-state index in [2.05, 4.69) is 4.99 Å². The highest BCUT2D eigenvalue weighted by Gasteiger charge is 2.46. The lowest BCUT2D eigenvalue weighted by Crippen LogP contribution is -2.08. The molecule has 0 bridgehead atoms. The number of allylic oxidation sites excluding steroid dienone is 6. The summed E-state index contributed by atoms with van der Waals surface area (Å²) < 4.78 is 179. The molecule has 3 aromatic carbocycles.